The van der Waals surface area contributed by atoms with Crippen LogP contribution in [0, 0.1) is 5.41 Å². The molecule has 0 bridgehead atoms. The summed E-state index contributed by atoms with van der Waals surface area (Å²) in [5, 5.41) is 0.911. The zero-order valence-electron chi connectivity index (χ0n) is 12.6. The number of nitrogens with one attached hydrogen (secondary N) is 1. The Morgan fingerprint density at radius 1 is 1.40 bits per heavy atom. The van der Waals surface area contributed by atoms with Gasteiger partial charge in [-0.2, -0.15) is 0 Å². The maximum atomic E-state index is 6.17. The Labute approximate surface area is 124 Å². The number of H-pyrrole nitrogens is 1. The minimum absolute atomic E-state index is 0.112. The van der Waals surface area contributed by atoms with Gasteiger partial charge in [0.2, 0.25) is 0 Å². The predicted octanol–water partition coefficient (Wildman–Crippen LogP) is 3.43. The number of benzene rings is 1. The number of hydrogen-bond donors (Lipinski definition) is 2. The average Bonchev–Trinajstić information content (AvgIpc) is 2.77. The number of hydrogen-bond acceptors (Lipinski definition) is 4. The summed E-state index contributed by atoms with van der Waals surface area (Å²) in [6.07, 6.45) is 0. The highest BCUT2D eigenvalue weighted by Gasteiger charge is 2.21. The third kappa shape index (κ3) is 3.67. The Balaban J connectivity index is 2.08. The second kappa shape index (κ2) is 6.06. The molecule has 0 fully saturated rings. The largest absolute Gasteiger partial charge is 0.494 e. The van der Waals surface area contributed by atoms with Gasteiger partial charge in [-0.15, -0.1) is 0 Å². The van der Waals surface area contributed by atoms with Crippen molar-refractivity contribution in [3.63, 3.8) is 0 Å². The van der Waals surface area contributed by atoms with Gasteiger partial charge < -0.3 is 15.5 Å². The number of imidazole rings is 1. The van der Waals surface area contributed by atoms with Gasteiger partial charge in [-0.3, -0.25) is 0 Å². The van der Waals surface area contributed by atoms with Crippen molar-refractivity contribution < 1.29 is 4.74 Å². The minimum Gasteiger partial charge on any atom is -0.494 e. The number of nitrogens with two attached hydrogens (primary N) is 1. The lowest BCUT2D eigenvalue weighted by Crippen LogP contribution is -2.37. The molecule has 0 radical (unpaired) electrons. The van der Waals surface area contributed by atoms with Crippen molar-refractivity contribution in [2.24, 2.45) is 11.1 Å². The van der Waals surface area contributed by atoms with Crippen molar-refractivity contribution in [2.75, 3.05) is 12.4 Å². The third-order valence-electron chi connectivity index (χ3n) is 3.25. The van der Waals surface area contributed by atoms with E-state index in [0.717, 1.165) is 27.7 Å². The van der Waals surface area contributed by atoms with Crippen LogP contribution in [0.25, 0.3) is 11.0 Å². The molecule has 0 saturated heterocycles. The summed E-state index contributed by atoms with van der Waals surface area (Å²) in [7, 11) is 0. The highest BCUT2D eigenvalue weighted by molar-refractivity contribution is 7.99. The third-order valence-corrected chi connectivity index (χ3v) is 4.25. The Kier molecular flexibility index (Phi) is 4.60. The number of fused-ring (bicyclic) bond motifs is 1. The minimum atomic E-state index is 0.112. The number of aromatic amines is 1. The molecule has 0 aliphatic carbocycles. The van der Waals surface area contributed by atoms with Gasteiger partial charge >= 0.3 is 0 Å². The first kappa shape index (κ1) is 15.2. The van der Waals surface area contributed by atoms with Crippen LogP contribution in [0.1, 0.15) is 27.7 Å². The maximum absolute atomic E-state index is 6.17. The number of thioether (sulfide) groups is 1. The molecule has 110 valence electrons. The fourth-order valence-electron chi connectivity index (χ4n) is 1.71. The van der Waals surface area contributed by atoms with E-state index in [9.17, 15) is 0 Å². The molecule has 20 heavy (non-hydrogen) atoms. The van der Waals surface area contributed by atoms with Gasteiger partial charge in [-0.05, 0) is 24.5 Å². The van der Waals surface area contributed by atoms with Crippen molar-refractivity contribution in [3.8, 4) is 5.75 Å². The standard InChI is InChI=1S/C15H23N3OS/c1-5-19-10-6-7-11-12(8-10)18-14(17-11)20-9-13(16)15(2,3)4/h6-8,13H,5,9,16H2,1-4H3,(H,17,18). The monoisotopic (exact) mass is 293 g/mol. The molecule has 2 rings (SSSR count). The van der Waals surface area contributed by atoms with E-state index in [0.29, 0.717) is 6.61 Å². The fourth-order valence-corrected chi connectivity index (χ4v) is 2.89. The van der Waals surface area contributed by atoms with E-state index in [1.54, 1.807) is 11.8 Å². The van der Waals surface area contributed by atoms with Crippen LogP contribution in [0.2, 0.25) is 0 Å². The number of rotatable bonds is 5. The molecular weight excluding hydrogens is 270 g/mol. The molecule has 0 spiro atoms. The predicted molar refractivity (Wildman–Crippen MR) is 85.4 cm³/mol. The van der Waals surface area contributed by atoms with Gasteiger partial charge in [-0.1, -0.05) is 32.5 Å². The van der Waals surface area contributed by atoms with E-state index in [1.807, 2.05) is 25.1 Å². The lowest BCUT2D eigenvalue weighted by atomic mass is 9.89. The van der Waals surface area contributed by atoms with Crippen LogP contribution in [0.15, 0.2) is 23.4 Å². The molecule has 1 heterocycles. The van der Waals surface area contributed by atoms with Crippen LogP contribution in [-0.2, 0) is 0 Å². The first-order chi connectivity index (χ1) is 9.40. The van der Waals surface area contributed by atoms with E-state index in [2.05, 4.69) is 30.7 Å². The highest BCUT2D eigenvalue weighted by Crippen LogP contribution is 2.26. The Bertz CT molecular complexity index is 574. The van der Waals surface area contributed by atoms with E-state index >= 15 is 0 Å². The first-order valence-corrected chi connectivity index (χ1v) is 7.89. The number of ether oxygens (including phenoxy) is 1. The molecular formula is C15H23N3OS. The summed E-state index contributed by atoms with van der Waals surface area (Å²) in [5.74, 6) is 1.72. The molecule has 2 aromatic rings. The second-order valence-corrected chi connectivity index (χ2v) is 6.95. The van der Waals surface area contributed by atoms with Crippen molar-refractivity contribution in [1.29, 1.82) is 0 Å². The zero-order valence-corrected chi connectivity index (χ0v) is 13.4. The van der Waals surface area contributed by atoms with Gasteiger partial charge in [-0.25, -0.2) is 4.98 Å². The van der Waals surface area contributed by atoms with Gasteiger partial charge in [0.15, 0.2) is 5.16 Å². The van der Waals surface area contributed by atoms with E-state index < -0.39 is 0 Å². The molecule has 1 atom stereocenters. The molecule has 5 heteroatoms. The second-order valence-electron chi connectivity index (χ2n) is 5.94. The summed E-state index contributed by atoms with van der Waals surface area (Å²) >= 11 is 1.67. The quantitative estimate of drug-likeness (QED) is 0.829. The van der Waals surface area contributed by atoms with E-state index in [1.165, 1.54) is 0 Å². The smallest absolute Gasteiger partial charge is 0.166 e. The van der Waals surface area contributed by atoms with Crippen LogP contribution >= 0.6 is 11.8 Å². The van der Waals surface area contributed by atoms with Gasteiger partial charge in [0.25, 0.3) is 0 Å². The summed E-state index contributed by atoms with van der Waals surface area (Å²) in [5.41, 5.74) is 8.25. The summed E-state index contributed by atoms with van der Waals surface area (Å²) in [4.78, 5) is 7.88. The topological polar surface area (TPSA) is 63.9 Å². The molecule has 0 amide bonds. The molecule has 1 aromatic heterocycles. The number of aromatic nitrogens is 2. The molecule has 1 aromatic carbocycles. The molecule has 3 N–H and O–H groups in total. The summed E-state index contributed by atoms with van der Waals surface area (Å²) in [6.45, 7) is 9.12. The van der Waals surface area contributed by atoms with Gasteiger partial charge in [0.1, 0.15) is 5.75 Å². The highest BCUT2D eigenvalue weighted by atomic mass is 32.2. The van der Waals surface area contributed by atoms with Crippen molar-refractivity contribution in [2.45, 2.75) is 38.9 Å². The van der Waals surface area contributed by atoms with Gasteiger partial charge in [0.05, 0.1) is 17.6 Å². The van der Waals surface area contributed by atoms with Crippen LogP contribution in [0.4, 0.5) is 0 Å². The molecule has 4 nitrogen and oxygen atoms in total. The van der Waals surface area contributed by atoms with Crippen LogP contribution in [-0.4, -0.2) is 28.4 Å². The Morgan fingerprint density at radius 3 is 2.80 bits per heavy atom. The van der Waals surface area contributed by atoms with Crippen LogP contribution < -0.4 is 10.5 Å². The summed E-state index contributed by atoms with van der Waals surface area (Å²) < 4.78 is 5.49. The molecule has 1 unspecified atom stereocenters. The Hall–Kier alpha value is -1.20. The molecule has 0 aliphatic rings. The lowest BCUT2D eigenvalue weighted by molar-refractivity contribution is 0.340. The lowest BCUT2D eigenvalue weighted by Gasteiger charge is -2.26. The summed E-state index contributed by atoms with van der Waals surface area (Å²) in [6, 6.07) is 6.05. The Morgan fingerprint density at radius 2 is 2.15 bits per heavy atom. The number of nitrogens with zero attached hydrogens (tertiary/aromatic N) is 1. The van der Waals surface area contributed by atoms with E-state index in [-0.39, 0.29) is 11.5 Å². The van der Waals surface area contributed by atoms with Crippen LogP contribution in [0.5, 0.6) is 5.75 Å². The molecule has 0 aliphatic heterocycles. The van der Waals surface area contributed by atoms with Crippen molar-refractivity contribution in [1.82, 2.24) is 9.97 Å². The molecule has 0 saturated carbocycles. The average molecular weight is 293 g/mol. The zero-order chi connectivity index (χ0) is 14.8. The van der Waals surface area contributed by atoms with Gasteiger partial charge in [0, 0.05) is 17.9 Å². The van der Waals surface area contributed by atoms with Crippen molar-refractivity contribution in [3.05, 3.63) is 18.2 Å². The maximum Gasteiger partial charge on any atom is 0.166 e. The normalized spacial score (nSPS) is 13.7. The van der Waals surface area contributed by atoms with Crippen LogP contribution in [0.3, 0.4) is 0 Å². The fraction of sp³-hybridized carbons (Fsp3) is 0.533. The van der Waals surface area contributed by atoms with E-state index in [4.69, 9.17) is 10.5 Å². The SMILES string of the molecule is CCOc1ccc2nc(SCC(N)C(C)(C)C)[nH]c2c1. The van der Waals surface area contributed by atoms with Crippen molar-refractivity contribution >= 4 is 22.8 Å². The first-order valence-electron chi connectivity index (χ1n) is 6.91.